The van der Waals surface area contributed by atoms with Gasteiger partial charge < -0.3 is 9.47 Å². The Balaban J connectivity index is 0. The van der Waals surface area contributed by atoms with Crippen LogP contribution in [0.5, 0.6) is 0 Å². The van der Waals surface area contributed by atoms with Gasteiger partial charge in [-0.05, 0) is 24.7 Å². The van der Waals surface area contributed by atoms with Crippen molar-refractivity contribution in [1.82, 2.24) is 0 Å². The van der Waals surface area contributed by atoms with E-state index in [4.69, 9.17) is 14.0 Å². The Kier molecular flexibility index (Phi) is 15.1. The van der Waals surface area contributed by atoms with E-state index >= 15 is 0 Å². The quantitative estimate of drug-likeness (QED) is 0.310. The Bertz CT molecular complexity index is 493. The zero-order valence-corrected chi connectivity index (χ0v) is 18.8. The van der Waals surface area contributed by atoms with Gasteiger partial charge in [0.25, 0.3) is 10.1 Å². The maximum atomic E-state index is 11.9. The van der Waals surface area contributed by atoms with Crippen LogP contribution in [0.3, 0.4) is 0 Å². The van der Waals surface area contributed by atoms with Gasteiger partial charge in [-0.1, -0.05) is 40.5 Å². The zero-order valence-electron chi connectivity index (χ0n) is 16.0. The second-order valence-electron chi connectivity index (χ2n) is 6.20. The normalized spacial score (nSPS) is 14.8. The first-order chi connectivity index (χ1) is 11.1. The molecule has 143 valence electrons. The summed E-state index contributed by atoms with van der Waals surface area (Å²) >= 11 is 0. The van der Waals surface area contributed by atoms with Crippen molar-refractivity contribution in [2.45, 2.75) is 65.0 Å². The van der Waals surface area contributed by atoms with E-state index in [1.807, 2.05) is 27.7 Å². The SMILES string of the molecule is CCC(C)CCOC(=O)CC(C(=O)OCCC(C)CC)S(=O)(=O)O.[Na]. The minimum absolute atomic E-state index is 0. The molecule has 0 amide bonds. The van der Waals surface area contributed by atoms with Crippen molar-refractivity contribution < 1.29 is 32.0 Å². The smallest absolute Gasteiger partial charge is 0.327 e. The summed E-state index contributed by atoms with van der Waals surface area (Å²) in [5.74, 6) is -1.27. The Hall–Kier alpha value is -0.150. The van der Waals surface area contributed by atoms with Gasteiger partial charge >= 0.3 is 11.9 Å². The molecule has 3 unspecified atom stereocenters. The van der Waals surface area contributed by atoms with Crippen molar-refractivity contribution in [3.63, 3.8) is 0 Å². The van der Waals surface area contributed by atoms with Crippen molar-refractivity contribution in [3.05, 3.63) is 0 Å². The van der Waals surface area contributed by atoms with Gasteiger partial charge in [-0.15, -0.1) is 0 Å². The summed E-state index contributed by atoms with van der Waals surface area (Å²) in [6.07, 6.45) is 2.33. The van der Waals surface area contributed by atoms with Crippen LogP contribution in [0.2, 0.25) is 0 Å². The van der Waals surface area contributed by atoms with Gasteiger partial charge in [0, 0.05) is 29.6 Å². The Labute approximate surface area is 173 Å². The van der Waals surface area contributed by atoms with E-state index in [-0.39, 0.29) is 42.8 Å². The van der Waals surface area contributed by atoms with E-state index in [0.29, 0.717) is 24.7 Å². The summed E-state index contributed by atoms with van der Waals surface area (Å²) in [5.41, 5.74) is 0. The maximum Gasteiger partial charge on any atom is 0.327 e. The molecule has 3 atom stereocenters. The molecule has 1 radical (unpaired) electrons. The first-order valence-corrected chi connectivity index (χ1v) is 9.90. The first-order valence-electron chi connectivity index (χ1n) is 8.40. The number of carbonyl (C=O) groups is 2. The third-order valence-corrected chi connectivity index (χ3v) is 5.18. The molecule has 0 saturated heterocycles. The average molecular weight is 389 g/mol. The van der Waals surface area contributed by atoms with Gasteiger partial charge in [0.05, 0.1) is 19.6 Å². The van der Waals surface area contributed by atoms with Gasteiger partial charge in [0.2, 0.25) is 0 Å². The van der Waals surface area contributed by atoms with E-state index in [0.717, 1.165) is 12.8 Å². The van der Waals surface area contributed by atoms with Gasteiger partial charge in [0.1, 0.15) is 0 Å². The fourth-order valence-corrected chi connectivity index (χ4v) is 2.41. The van der Waals surface area contributed by atoms with Crippen LogP contribution in [0.15, 0.2) is 0 Å². The van der Waals surface area contributed by atoms with Gasteiger partial charge in [-0.25, -0.2) is 0 Å². The van der Waals surface area contributed by atoms with Gasteiger partial charge in [0.15, 0.2) is 5.25 Å². The fraction of sp³-hybridized carbons (Fsp3) is 0.875. The molecule has 0 aromatic carbocycles. The summed E-state index contributed by atoms with van der Waals surface area (Å²) in [6.45, 7) is 8.17. The molecule has 1 N–H and O–H groups in total. The van der Waals surface area contributed by atoms with Crippen LogP contribution in [-0.2, 0) is 29.2 Å². The topological polar surface area (TPSA) is 107 Å². The molecule has 0 bridgehead atoms. The van der Waals surface area contributed by atoms with Gasteiger partial charge in [-0.2, -0.15) is 8.42 Å². The third-order valence-electron chi connectivity index (χ3n) is 4.10. The van der Waals surface area contributed by atoms with Crippen LogP contribution >= 0.6 is 0 Å². The summed E-state index contributed by atoms with van der Waals surface area (Å²) < 4.78 is 41.6. The molecule has 0 aliphatic rings. The van der Waals surface area contributed by atoms with E-state index in [1.54, 1.807) is 0 Å². The molecule has 0 aromatic rings. The van der Waals surface area contributed by atoms with Crippen LogP contribution in [0.4, 0.5) is 0 Å². The molecule has 7 nitrogen and oxygen atoms in total. The van der Waals surface area contributed by atoms with Crippen molar-refractivity contribution in [2.75, 3.05) is 13.2 Å². The van der Waals surface area contributed by atoms with Gasteiger partial charge in [-0.3, -0.25) is 14.1 Å². The predicted molar refractivity (Wildman–Crippen MR) is 95.8 cm³/mol. The van der Waals surface area contributed by atoms with Crippen LogP contribution in [-0.4, -0.2) is 72.9 Å². The molecule has 0 fully saturated rings. The minimum atomic E-state index is -4.74. The number of ether oxygens (including phenoxy) is 2. The summed E-state index contributed by atoms with van der Waals surface area (Å²) in [7, 11) is -4.74. The third kappa shape index (κ3) is 12.8. The van der Waals surface area contributed by atoms with Crippen molar-refractivity contribution in [1.29, 1.82) is 0 Å². The standard InChI is InChI=1S/C16H30O7S.Na/c1-5-12(3)7-9-22-15(17)11-14(24(19,20)21)16(18)23-10-8-13(4)6-2;/h12-14H,5-11H2,1-4H3,(H,19,20,21);. The number of esters is 2. The molecule has 25 heavy (non-hydrogen) atoms. The fourth-order valence-electron chi connectivity index (χ4n) is 1.76. The number of carbonyl (C=O) groups excluding carboxylic acids is 2. The minimum Gasteiger partial charge on any atom is -0.466 e. The van der Waals surface area contributed by atoms with Crippen LogP contribution < -0.4 is 0 Å². The largest absolute Gasteiger partial charge is 0.466 e. The monoisotopic (exact) mass is 389 g/mol. The Morgan fingerprint density at radius 2 is 1.40 bits per heavy atom. The van der Waals surface area contributed by atoms with Crippen LogP contribution in [0.1, 0.15) is 59.8 Å². The number of rotatable bonds is 12. The zero-order chi connectivity index (χ0) is 18.8. The number of hydrogen-bond acceptors (Lipinski definition) is 6. The second kappa shape index (κ2) is 14.0. The second-order valence-corrected chi connectivity index (χ2v) is 7.80. The van der Waals surface area contributed by atoms with E-state index in [9.17, 15) is 18.0 Å². The summed E-state index contributed by atoms with van der Waals surface area (Å²) in [4.78, 5) is 23.6. The molecule has 0 heterocycles. The van der Waals surface area contributed by atoms with Crippen molar-refractivity contribution in [2.24, 2.45) is 11.8 Å². The molecule has 0 aliphatic carbocycles. The molecular weight excluding hydrogens is 359 g/mol. The number of hydrogen-bond donors (Lipinski definition) is 1. The van der Waals surface area contributed by atoms with E-state index in [1.165, 1.54) is 0 Å². The Morgan fingerprint density at radius 3 is 1.80 bits per heavy atom. The molecule has 0 aromatic heterocycles. The van der Waals surface area contributed by atoms with E-state index < -0.39 is 33.7 Å². The molecular formula is C16H30NaO7S. The van der Waals surface area contributed by atoms with Crippen LogP contribution in [0.25, 0.3) is 0 Å². The van der Waals surface area contributed by atoms with Crippen molar-refractivity contribution in [3.8, 4) is 0 Å². The average Bonchev–Trinajstić information content (AvgIpc) is 2.50. The first kappa shape index (κ1) is 27.1. The molecule has 0 aliphatic heterocycles. The molecule has 0 saturated carbocycles. The van der Waals surface area contributed by atoms with Crippen LogP contribution in [0, 0.1) is 11.8 Å². The predicted octanol–water partition coefficient (Wildman–Crippen LogP) is 2.21. The Morgan fingerprint density at radius 1 is 0.960 bits per heavy atom. The maximum absolute atomic E-state index is 11.9. The molecule has 9 heteroatoms. The summed E-state index contributed by atoms with van der Waals surface area (Å²) in [5, 5.41) is -1.94. The van der Waals surface area contributed by atoms with Crippen molar-refractivity contribution >= 4 is 51.6 Å². The molecule has 0 rings (SSSR count). The molecule has 0 spiro atoms. The summed E-state index contributed by atoms with van der Waals surface area (Å²) in [6, 6.07) is 0. The van der Waals surface area contributed by atoms with E-state index in [2.05, 4.69) is 0 Å².